The molecule has 0 aromatic heterocycles. The summed E-state index contributed by atoms with van der Waals surface area (Å²) in [7, 11) is -14.5. The fourth-order valence-corrected chi connectivity index (χ4v) is 12.3. The molecule has 0 radical (unpaired) electrons. The number of benzene rings is 6. The van der Waals surface area contributed by atoms with Crippen molar-refractivity contribution >= 4 is 161 Å². The van der Waals surface area contributed by atoms with Crippen molar-refractivity contribution in [3.05, 3.63) is 174 Å². The van der Waals surface area contributed by atoms with Gasteiger partial charge in [-0.3, -0.25) is 33.3 Å². The topological polar surface area (TPSA) is 363 Å². The first-order chi connectivity index (χ1) is 42.0. The molecule has 0 aliphatic heterocycles. The molecule has 0 fully saturated rings. The molecule has 0 aliphatic rings. The zero-order chi connectivity index (χ0) is 70.1. The maximum absolute atomic E-state index is 13.9. The van der Waals surface area contributed by atoms with Crippen LogP contribution in [0.25, 0.3) is 0 Å². The van der Waals surface area contributed by atoms with Gasteiger partial charge in [0.1, 0.15) is 11.4 Å². The van der Waals surface area contributed by atoms with E-state index in [1.165, 1.54) is 73.7 Å². The van der Waals surface area contributed by atoms with Crippen LogP contribution in [0.15, 0.2) is 91.0 Å². The Bertz CT molecular complexity index is 3890. The maximum atomic E-state index is 13.9. The zero-order valence-corrected chi connectivity index (χ0v) is 55.5. The van der Waals surface area contributed by atoms with Crippen molar-refractivity contribution < 1.29 is 94.2 Å². The van der Waals surface area contributed by atoms with E-state index in [4.69, 9.17) is 79.7 Å². The van der Waals surface area contributed by atoms with Crippen LogP contribution in [-0.4, -0.2) is 95.6 Å². The Hall–Kier alpha value is -7.10. The molecular formula is C55H59Cl5F6N6O15S4. The Morgan fingerprint density at radius 2 is 0.747 bits per heavy atom. The standard InChI is InChI=1S/C11H13ClFNO3S.C10H11ClFNO4S.C10H11ClFNO3S.C10H12FNO4S.C8H7ClFNO.C6H5ClFN/c1-3-6-18(16,17)14-9-5-4-8(12)10(7(2)15)11(9)13;1-2-5-18(16,17)13-7-4-3-6(11)8(9(7)12)10(14)15;1-2-6-17(15,16)13-8-5-3-4-7(9(8)12)10(11)14;1-2-6-17(15,16)12-8-5-3-4-7(9(8)11)10(13)14;1-4(12)7-5(9)2-3-6(11)8(7)10;7-4-1-2-6(9)5(8)3-4/h4-5,14H,3,6H2,1-2H3;3-4,13H,2,5H2,1H3,(H,14,15);3-5,13H,2,6H2,1H3;3-5,12H,2,6H2,1H3,(H,13,14);2-3H,11H2,1H3;1-3H,9H2. The molecule has 6 aromatic rings. The number of nitrogen functional groups attached to an aromatic ring is 2. The van der Waals surface area contributed by atoms with Crippen molar-refractivity contribution in [3.63, 3.8) is 0 Å². The number of ketones is 2. The van der Waals surface area contributed by atoms with E-state index in [1.54, 1.807) is 33.8 Å². The molecule has 0 aliphatic carbocycles. The molecule has 36 heteroatoms. The number of carbonyl (C=O) groups excluding carboxylic acids is 3. The molecule has 91 heavy (non-hydrogen) atoms. The molecule has 6 aromatic carbocycles. The molecule has 500 valence electrons. The summed E-state index contributed by atoms with van der Waals surface area (Å²) in [5, 5.41) is 16.6. The minimum Gasteiger partial charge on any atom is -0.478 e. The molecule has 0 atom stereocenters. The van der Waals surface area contributed by atoms with Gasteiger partial charge in [-0.25, -0.2) is 69.6 Å². The Labute approximate surface area is 546 Å². The average Bonchev–Trinajstić information content (AvgIpc) is 1.16. The molecule has 0 saturated heterocycles. The van der Waals surface area contributed by atoms with Gasteiger partial charge in [-0.1, -0.05) is 86.2 Å². The lowest BCUT2D eigenvalue weighted by molar-refractivity contribution is 0.0681. The summed E-state index contributed by atoms with van der Waals surface area (Å²) in [6.45, 7) is 9.11. The molecule has 10 N–H and O–H groups in total. The van der Waals surface area contributed by atoms with Crippen LogP contribution < -0.4 is 30.4 Å². The van der Waals surface area contributed by atoms with Crippen molar-refractivity contribution in [2.75, 3.05) is 53.4 Å². The minimum absolute atomic E-state index is 0.0431. The molecule has 0 saturated carbocycles. The quantitative estimate of drug-likeness (QED) is 0.0144. The normalized spacial score (nSPS) is 10.9. The third-order valence-corrected chi connectivity index (χ3v) is 17.9. The van der Waals surface area contributed by atoms with Gasteiger partial charge in [-0.05, 0) is 130 Å². The van der Waals surface area contributed by atoms with Gasteiger partial charge in [0.25, 0.3) is 5.24 Å². The predicted molar refractivity (Wildman–Crippen MR) is 342 cm³/mol. The molecule has 0 heterocycles. The first kappa shape index (κ1) is 81.9. The Morgan fingerprint density at radius 3 is 1.07 bits per heavy atom. The van der Waals surface area contributed by atoms with Crippen molar-refractivity contribution in [3.8, 4) is 0 Å². The van der Waals surface area contributed by atoms with Crippen LogP contribution in [0.2, 0.25) is 20.1 Å². The van der Waals surface area contributed by atoms with E-state index in [1.807, 2.05) is 9.44 Å². The predicted octanol–water partition coefficient (Wildman–Crippen LogP) is 13.5. The Kier molecular flexibility index (Phi) is 33.7. The van der Waals surface area contributed by atoms with Crippen LogP contribution in [-0.2, 0) is 40.1 Å². The first-order valence-corrected chi connectivity index (χ1v) is 34.2. The van der Waals surface area contributed by atoms with Crippen molar-refractivity contribution in [2.24, 2.45) is 0 Å². The van der Waals surface area contributed by atoms with Crippen LogP contribution in [0.3, 0.4) is 0 Å². The van der Waals surface area contributed by atoms with E-state index in [0.717, 1.165) is 25.1 Å². The smallest absolute Gasteiger partial charge is 0.340 e. The summed E-state index contributed by atoms with van der Waals surface area (Å²) >= 11 is 27.4. The lowest BCUT2D eigenvalue weighted by atomic mass is 10.1. The van der Waals surface area contributed by atoms with Crippen LogP contribution in [0.4, 0.5) is 60.5 Å². The van der Waals surface area contributed by atoms with E-state index in [9.17, 15) is 84.0 Å². The summed E-state index contributed by atoms with van der Waals surface area (Å²) in [5.74, 6) is -9.97. The lowest BCUT2D eigenvalue weighted by Crippen LogP contribution is -2.18. The second kappa shape index (κ2) is 37.4. The number of nitrogens with two attached hydrogens (primary N) is 2. The van der Waals surface area contributed by atoms with Crippen molar-refractivity contribution in [1.82, 2.24) is 0 Å². The number of hydrogen-bond acceptors (Lipinski definition) is 15. The summed E-state index contributed by atoms with van der Waals surface area (Å²) in [5.41, 5.74) is 7.01. The third-order valence-electron chi connectivity index (χ3n) is 10.6. The number of nitrogens with one attached hydrogen (secondary N) is 4. The summed E-state index contributed by atoms with van der Waals surface area (Å²) in [4.78, 5) is 54.4. The SMILES string of the molecule is CC(=O)c1c(Cl)ccc(N)c1F.CCCS(=O)(=O)Nc1ccc(Cl)c(C(=O)O)c1F.CCCS(=O)(=O)Nc1ccc(Cl)c(C(C)=O)c1F.CCCS(=O)(=O)Nc1cccc(C(=O)Cl)c1F.CCCS(=O)(=O)Nc1cccc(C(=O)O)c1F.Nc1ccc(Cl)cc1F. The van der Waals surface area contributed by atoms with Gasteiger partial charge in [0.2, 0.25) is 40.1 Å². The highest BCUT2D eigenvalue weighted by Gasteiger charge is 2.24. The van der Waals surface area contributed by atoms with E-state index in [2.05, 4.69) is 9.44 Å². The number of Topliss-reactive ketones (excluding diaryl/α,β-unsaturated/α-hetero) is 2. The first-order valence-electron chi connectivity index (χ1n) is 25.7. The van der Waals surface area contributed by atoms with Crippen LogP contribution in [0.5, 0.6) is 0 Å². The Morgan fingerprint density at radius 1 is 0.429 bits per heavy atom. The van der Waals surface area contributed by atoms with Crippen molar-refractivity contribution in [1.29, 1.82) is 0 Å². The number of hydrogen-bond donors (Lipinski definition) is 8. The Balaban J connectivity index is 0.000000552. The summed E-state index contributed by atoms with van der Waals surface area (Å²) < 4.78 is 180. The molecule has 0 spiro atoms. The minimum atomic E-state index is -3.69. The third kappa shape index (κ3) is 27.3. The number of carbonyl (C=O) groups is 5. The number of aromatic carboxylic acids is 2. The number of carboxylic acid groups (broad SMARTS) is 2. The lowest BCUT2D eigenvalue weighted by Gasteiger charge is -2.10. The largest absolute Gasteiger partial charge is 0.478 e. The van der Waals surface area contributed by atoms with Gasteiger partial charge in [0.05, 0.1) is 94.5 Å². The number of sulfonamides is 4. The maximum Gasteiger partial charge on any atom is 0.340 e. The second-order valence-corrected chi connectivity index (χ2v) is 27.4. The molecule has 0 unspecified atom stereocenters. The highest BCUT2D eigenvalue weighted by Crippen LogP contribution is 2.29. The summed E-state index contributed by atoms with van der Waals surface area (Å²) in [6, 6.07) is 18.8. The molecular weight excluding hydrogens is 1400 g/mol. The number of anilines is 6. The van der Waals surface area contributed by atoms with E-state index in [0.29, 0.717) is 30.7 Å². The number of rotatable bonds is 21. The van der Waals surface area contributed by atoms with E-state index < -0.39 is 121 Å². The van der Waals surface area contributed by atoms with Gasteiger partial charge in [0.15, 0.2) is 40.7 Å². The van der Waals surface area contributed by atoms with Crippen molar-refractivity contribution in [2.45, 2.75) is 67.2 Å². The van der Waals surface area contributed by atoms with Gasteiger partial charge in [0, 0.05) is 5.02 Å². The second-order valence-electron chi connectivity index (χ2n) is 18.1. The number of carboxylic acids is 2. The van der Waals surface area contributed by atoms with Gasteiger partial charge in [-0.15, -0.1) is 0 Å². The van der Waals surface area contributed by atoms with Crippen LogP contribution in [0.1, 0.15) is 119 Å². The van der Waals surface area contributed by atoms with Gasteiger partial charge in [-0.2, -0.15) is 0 Å². The number of halogens is 11. The highest BCUT2D eigenvalue weighted by molar-refractivity contribution is 7.93. The monoisotopic (exact) mass is 1460 g/mol. The molecule has 6 rings (SSSR count). The van der Waals surface area contributed by atoms with Crippen LogP contribution in [0, 0.1) is 34.9 Å². The summed E-state index contributed by atoms with van der Waals surface area (Å²) in [6.07, 6.45) is 1.56. The fraction of sp³-hybridized carbons (Fsp3) is 0.255. The molecule has 0 bridgehead atoms. The van der Waals surface area contributed by atoms with Gasteiger partial charge < -0.3 is 21.7 Å². The zero-order valence-electron chi connectivity index (χ0n) is 48.5. The van der Waals surface area contributed by atoms with Gasteiger partial charge >= 0.3 is 11.9 Å². The molecule has 21 nitrogen and oxygen atoms in total. The fourth-order valence-electron chi connectivity index (χ4n) is 6.66. The van der Waals surface area contributed by atoms with Crippen LogP contribution >= 0.6 is 58.0 Å². The molecule has 0 amide bonds. The van der Waals surface area contributed by atoms with E-state index in [-0.39, 0.29) is 83.2 Å². The average molecular weight is 1460 g/mol. The highest BCUT2D eigenvalue weighted by atomic mass is 35.5. The van der Waals surface area contributed by atoms with E-state index >= 15 is 0 Å².